The lowest BCUT2D eigenvalue weighted by atomic mass is 9.84. The Morgan fingerprint density at radius 1 is 1.26 bits per heavy atom. The van der Waals surface area contributed by atoms with Crippen LogP contribution in [-0.2, 0) is 0 Å². The monoisotopic (exact) mass is 326 g/mol. The van der Waals surface area contributed by atoms with Crippen LogP contribution in [0.1, 0.15) is 46.0 Å². The number of hydrogen-bond donors (Lipinski definition) is 2. The molecule has 0 radical (unpaired) electrons. The van der Waals surface area contributed by atoms with Gasteiger partial charge in [0.1, 0.15) is 22.4 Å². The van der Waals surface area contributed by atoms with Crippen LogP contribution in [-0.4, -0.2) is 22.6 Å². The molecule has 1 saturated carbocycles. The normalized spacial score (nSPS) is 18.1. The van der Waals surface area contributed by atoms with E-state index in [1.165, 1.54) is 32.1 Å². The van der Waals surface area contributed by atoms with Gasteiger partial charge in [-0.2, -0.15) is 0 Å². The zero-order valence-corrected chi connectivity index (χ0v) is 13.3. The minimum atomic E-state index is 0.459. The van der Waals surface area contributed by atoms with E-state index in [0.717, 1.165) is 28.6 Å². The Kier molecular flexibility index (Phi) is 5.43. The van der Waals surface area contributed by atoms with Gasteiger partial charge in [-0.05, 0) is 48.5 Å². The number of hydrogen-bond acceptors (Lipinski definition) is 4. The molecule has 19 heavy (non-hydrogen) atoms. The molecular weight excluding hydrogens is 304 g/mol. The molecule has 0 aromatic carbocycles. The molecule has 1 fully saturated rings. The zero-order valence-electron chi connectivity index (χ0n) is 11.7. The number of anilines is 2. The van der Waals surface area contributed by atoms with E-state index in [9.17, 15) is 0 Å². The molecule has 0 amide bonds. The molecule has 1 aromatic heterocycles. The second-order valence-electron chi connectivity index (χ2n) is 5.25. The average Bonchev–Trinajstić information content (AvgIpc) is 2.44. The predicted octanol–water partition coefficient (Wildman–Crippen LogP) is 4.05. The van der Waals surface area contributed by atoms with Crippen LogP contribution in [0.25, 0.3) is 0 Å². The largest absolute Gasteiger partial charge is 0.369 e. The van der Waals surface area contributed by atoms with Gasteiger partial charge in [0.2, 0.25) is 0 Å². The van der Waals surface area contributed by atoms with Gasteiger partial charge in [0.25, 0.3) is 0 Å². The molecule has 106 valence electrons. The van der Waals surface area contributed by atoms with E-state index < -0.39 is 0 Å². The number of nitrogens with one attached hydrogen (secondary N) is 2. The van der Waals surface area contributed by atoms with E-state index in [1.54, 1.807) is 6.33 Å². The number of aromatic nitrogens is 2. The van der Waals surface area contributed by atoms with Gasteiger partial charge in [-0.15, -0.1) is 0 Å². The molecule has 5 heteroatoms. The first-order valence-electron chi connectivity index (χ1n) is 7.23. The molecule has 1 aliphatic rings. The summed E-state index contributed by atoms with van der Waals surface area (Å²) in [6.07, 6.45) is 8.39. The highest BCUT2D eigenvalue weighted by atomic mass is 79.9. The molecule has 0 aliphatic heterocycles. The first kappa shape index (κ1) is 14.6. The molecule has 1 aliphatic carbocycles. The van der Waals surface area contributed by atoms with Gasteiger partial charge in [0, 0.05) is 12.6 Å². The Morgan fingerprint density at radius 2 is 1.95 bits per heavy atom. The van der Waals surface area contributed by atoms with Crippen molar-refractivity contribution in [3.63, 3.8) is 0 Å². The van der Waals surface area contributed by atoms with Crippen molar-refractivity contribution in [2.45, 2.75) is 52.0 Å². The van der Waals surface area contributed by atoms with Crippen LogP contribution in [0, 0.1) is 5.92 Å². The molecule has 0 bridgehead atoms. The fourth-order valence-electron chi connectivity index (χ4n) is 2.73. The van der Waals surface area contributed by atoms with Crippen molar-refractivity contribution in [3.05, 3.63) is 10.8 Å². The third kappa shape index (κ3) is 3.81. The molecule has 2 rings (SSSR count). The molecule has 1 heterocycles. The average molecular weight is 327 g/mol. The summed E-state index contributed by atoms with van der Waals surface area (Å²) < 4.78 is 0.930. The highest BCUT2D eigenvalue weighted by Crippen LogP contribution is 2.31. The highest BCUT2D eigenvalue weighted by Gasteiger charge is 2.21. The SMILES string of the molecule is CCNc1ncnc(NC(C)C2CCCCC2)c1Br. The predicted molar refractivity (Wildman–Crippen MR) is 83.6 cm³/mol. The van der Waals surface area contributed by atoms with Gasteiger partial charge >= 0.3 is 0 Å². The molecular formula is C14H23BrN4. The van der Waals surface area contributed by atoms with Crippen molar-refractivity contribution >= 4 is 27.6 Å². The second kappa shape index (κ2) is 7.08. The summed E-state index contributed by atoms with van der Waals surface area (Å²) in [5.41, 5.74) is 0. The van der Waals surface area contributed by atoms with Gasteiger partial charge in [-0.1, -0.05) is 19.3 Å². The van der Waals surface area contributed by atoms with Crippen molar-refractivity contribution in [2.75, 3.05) is 17.2 Å². The van der Waals surface area contributed by atoms with Gasteiger partial charge in [0.15, 0.2) is 0 Å². The lowest BCUT2D eigenvalue weighted by Crippen LogP contribution is -2.28. The van der Waals surface area contributed by atoms with Crippen molar-refractivity contribution in [3.8, 4) is 0 Å². The summed E-state index contributed by atoms with van der Waals surface area (Å²) in [6.45, 7) is 5.18. The van der Waals surface area contributed by atoms with Crippen LogP contribution < -0.4 is 10.6 Å². The van der Waals surface area contributed by atoms with Crippen LogP contribution in [0.2, 0.25) is 0 Å². The Balaban J connectivity index is 2.03. The third-order valence-corrected chi connectivity index (χ3v) is 4.61. The van der Waals surface area contributed by atoms with Crippen molar-refractivity contribution in [1.29, 1.82) is 0 Å². The van der Waals surface area contributed by atoms with Crippen molar-refractivity contribution in [1.82, 2.24) is 9.97 Å². The molecule has 4 nitrogen and oxygen atoms in total. The van der Waals surface area contributed by atoms with Crippen molar-refractivity contribution < 1.29 is 0 Å². The van der Waals surface area contributed by atoms with E-state index in [4.69, 9.17) is 0 Å². The molecule has 0 spiro atoms. The summed E-state index contributed by atoms with van der Waals surface area (Å²) in [5.74, 6) is 2.51. The zero-order chi connectivity index (χ0) is 13.7. The number of nitrogens with zero attached hydrogens (tertiary/aromatic N) is 2. The standard InChI is InChI=1S/C14H23BrN4/c1-3-16-13-12(15)14(18-9-17-13)19-10(2)11-7-5-4-6-8-11/h9-11H,3-8H2,1-2H3,(H2,16,17,18,19). The maximum absolute atomic E-state index is 4.35. The maximum Gasteiger partial charge on any atom is 0.146 e. The Bertz CT molecular complexity index is 404. The van der Waals surface area contributed by atoms with Gasteiger partial charge in [-0.3, -0.25) is 0 Å². The van der Waals surface area contributed by atoms with Crippen LogP contribution in [0.5, 0.6) is 0 Å². The van der Waals surface area contributed by atoms with E-state index in [-0.39, 0.29) is 0 Å². The lowest BCUT2D eigenvalue weighted by Gasteiger charge is -2.29. The van der Waals surface area contributed by atoms with E-state index in [2.05, 4.69) is 50.4 Å². The minimum absolute atomic E-state index is 0.459. The van der Waals surface area contributed by atoms with Gasteiger partial charge in [-0.25, -0.2) is 9.97 Å². The van der Waals surface area contributed by atoms with Crippen LogP contribution >= 0.6 is 15.9 Å². The number of rotatable bonds is 5. The first-order valence-corrected chi connectivity index (χ1v) is 8.02. The Hall–Kier alpha value is -0.840. The highest BCUT2D eigenvalue weighted by molar-refractivity contribution is 9.10. The lowest BCUT2D eigenvalue weighted by molar-refractivity contribution is 0.328. The van der Waals surface area contributed by atoms with Gasteiger partial charge in [0.05, 0.1) is 0 Å². The van der Waals surface area contributed by atoms with Crippen LogP contribution in [0.15, 0.2) is 10.8 Å². The van der Waals surface area contributed by atoms with Gasteiger partial charge < -0.3 is 10.6 Å². The molecule has 2 N–H and O–H groups in total. The first-order chi connectivity index (χ1) is 9.22. The molecule has 1 aromatic rings. The fraction of sp³-hybridized carbons (Fsp3) is 0.714. The minimum Gasteiger partial charge on any atom is -0.369 e. The van der Waals surface area contributed by atoms with E-state index >= 15 is 0 Å². The Morgan fingerprint density at radius 3 is 2.63 bits per heavy atom. The molecule has 1 unspecified atom stereocenters. The number of halogens is 1. The summed E-state index contributed by atoms with van der Waals surface area (Å²) in [7, 11) is 0. The molecule has 0 saturated heterocycles. The smallest absolute Gasteiger partial charge is 0.146 e. The second-order valence-corrected chi connectivity index (χ2v) is 6.04. The maximum atomic E-state index is 4.35. The quantitative estimate of drug-likeness (QED) is 0.856. The summed E-state index contributed by atoms with van der Waals surface area (Å²) >= 11 is 3.58. The van der Waals surface area contributed by atoms with E-state index in [0.29, 0.717) is 6.04 Å². The fourth-order valence-corrected chi connectivity index (χ4v) is 3.19. The van der Waals surface area contributed by atoms with E-state index in [1.807, 2.05) is 0 Å². The van der Waals surface area contributed by atoms with Crippen LogP contribution in [0.4, 0.5) is 11.6 Å². The summed E-state index contributed by atoms with van der Waals surface area (Å²) in [6, 6.07) is 0.459. The molecule has 1 atom stereocenters. The third-order valence-electron chi connectivity index (χ3n) is 3.86. The van der Waals surface area contributed by atoms with Crippen LogP contribution in [0.3, 0.4) is 0 Å². The van der Waals surface area contributed by atoms with Crippen molar-refractivity contribution in [2.24, 2.45) is 5.92 Å². The Labute approximate surface area is 123 Å². The summed E-state index contributed by atoms with van der Waals surface area (Å²) in [4.78, 5) is 8.59. The topological polar surface area (TPSA) is 49.8 Å². The summed E-state index contributed by atoms with van der Waals surface area (Å²) in [5, 5.41) is 6.77.